The first-order valence-electron chi connectivity index (χ1n) is 26.5. The molecule has 0 aromatic rings. The molecule has 6 nitrogen and oxygen atoms in total. The zero-order valence-corrected chi connectivity index (χ0v) is 41.0. The molecule has 6 heteroatoms. The van der Waals surface area contributed by atoms with Crippen LogP contribution in [-0.2, 0) is 14.3 Å². The van der Waals surface area contributed by atoms with Gasteiger partial charge in [-0.15, -0.1) is 0 Å². The zero-order chi connectivity index (χ0) is 45.2. The number of nitrogens with one attached hydrogen (secondary N) is 1. The Morgan fingerprint density at radius 3 is 1.35 bits per heavy atom. The molecule has 0 rings (SSSR count). The van der Waals surface area contributed by atoms with Crippen LogP contribution >= 0.6 is 0 Å². The maximum atomic E-state index is 13.2. The maximum absolute atomic E-state index is 13.2. The highest BCUT2D eigenvalue weighted by Gasteiger charge is 2.24. The van der Waals surface area contributed by atoms with Crippen molar-refractivity contribution in [3.8, 4) is 0 Å². The van der Waals surface area contributed by atoms with E-state index >= 15 is 0 Å². The van der Waals surface area contributed by atoms with Gasteiger partial charge in [-0.3, -0.25) is 9.59 Å². The number of hydrogen-bond donors (Lipinski definition) is 3. The number of aliphatic hydroxyl groups excluding tert-OH is 2. The number of hydrogen-bond acceptors (Lipinski definition) is 5. The third-order valence-electron chi connectivity index (χ3n) is 11.8. The van der Waals surface area contributed by atoms with Crippen molar-refractivity contribution in [2.45, 2.75) is 277 Å². The Balaban J connectivity index is 4.56. The van der Waals surface area contributed by atoms with Crippen LogP contribution in [0.4, 0.5) is 0 Å². The minimum absolute atomic E-state index is 0.0616. The normalized spacial score (nSPS) is 13.7. The largest absolute Gasteiger partial charge is 0.462 e. The number of allylic oxidation sites excluding steroid dienone is 10. The Morgan fingerprint density at radius 2 is 0.871 bits per heavy atom. The summed E-state index contributed by atoms with van der Waals surface area (Å²) < 4.78 is 5.93. The first-order chi connectivity index (χ1) is 30.5. The molecule has 1 amide bonds. The van der Waals surface area contributed by atoms with Crippen molar-refractivity contribution in [2.75, 3.05) is 6.61 Å². The monoisotopic (exact) mass is 868 g/mol. The molecule has 0 aliphatic heterocycles. The minimum Gasteiger partial charge on any atom is -0.462 e. The Hall–Kier alpha value is -2.44. The lowest BCUT2D eigenvalue weighted by atomic mass is 10.0. The Kier molecular flexibility index (Phi) is 47.6. The van der Waals surface area contributed by atoms with Crippen LogP contribution in [0.15, 0.2) is 60.8 Å². The lowest BCUT2D eigenvalue weighted by Gasteiger charge is -2.24. The third-order valence-corrected chi connectivity index (χ3v) is 11.8. The van der Waals surface area contributed by atoms with Gasteiger partial charge in [0.05, 0.1) is 25.2 Å². The van der Waals surface area contributed by atoms with Gasteiger partial charge in [-0.05, 0) is 89.9 Å². The van der Waals surface area contributed by atoms with Crippen LogP contribution in [0.2, 0.25) is 0 Å². The van der Waals surface area contributed by atoms with Crippen LogP contribution in [0.5, 0.6) is 0 Å². The van der Waals surface area contributed by atoms with E-state index in [0.29, 0.717) is 19.3 Å². The van der Waals surface area contributed by atoms with E-state index in [1.165, 1.54) is 116 Å². The standard InChI is InChI=1S/C56H101NO5/c1-4-7-10-13-16-19-22-25-26-27-28-29-30-31-34-37-40-43-46-49-56(61)62-52(47-44-41-38-35-32-23-20-17-14-11-8-5-2)50-55(60)57-53(51-58)54(59)48-45-42-39-36-33-24-21-18-15-12-9-6-3/h8,11,16-17,19-20,25-26,28-29,52-54,58-59H,4-7,9-10,12-15,18,21-24,27,30-51H2,1-3H3,(H,57,60)/b11-8+,19-16-,20-17+,26-25-,29-28-. The minimum atomic E-state index is -0.794. The van der Waals surface area contributed by atoms with Crippen LogP contribution < -0.4 is 5.32 Å². The van der Waals surface area contributed by atoms with E-state index in [1.807, 2.05) is 0 Å². The third kappa shape index (κ3) is 44.2. The van der Waals surface area contributed by atoms with Crippen molar-refractivity contribution < 1.29 is 24.5 Å². The number of esters is 1. The molecule has 0 aromatic carbocycles. The second-order valence-corrected chi connectivity index (χ2v) is 17.9. The van der Waals surface area contributed by atoms with Crippen LogP contribution in [0.3, 0.4) is 0 Å². The van der Waals surface area contributed by atoms with Crippen molar-refractivity contribution in [3.05, 3.63) is 60.8 Å². The molecule has 0 heterocycles. The molecule has 3 unspecified atom stereocenters. The van der Waals surface area contributed by atoms with Gasteiger partial charge in [0, 0.05) is 6.42 Å². The van der Waals surface area contributed by atoms with Crippen molar-refractivity contribution in [2.24, 2.45) is 0 Å². The summed E-state index contributed by atoms with van der Waals surface area (Å²) in [6.45, 7) is 6.34. The van der Waals surface area contributed by atoms with Crippen molar-refractivity contribution in [1.29, 1.82) is 0 Å². The molecule has 3 N–H and O–H groups in total. The Labute approximate surface area is 384 Å². The highest BCUT2D eigenvalue weighted by atomic mass is 16.5. The van der Waals surface area contributed by atoms with Crippen molar-refractivity contribution in [3.63, 3.8) is 0 Å². The number of carbonyl (C=O) groups excluding carboxylic acids is 2. The molecule has 62 heavy (non-hydrogen) atoms. The summed E-state index contributed by atoms with van der Waals surface area (Å²) in [5.74, 6) is -0.500. The molecule has 3 atom stereocenters. The SMILES string of the molecule is CC/C=C/C/C=C/CCCCCCCC(CC(=O)NC(CO)C(O)CCCCCCCCCCCCCC)OC(=O)CCCCCCCC/C=C\C/C=C\C/C=C\CCCCC. The van der Waals surface area contributed by atoms with Crippen LogP contribution in [-0.4, -0.2) is 46.9 Å². The molecule has 0 saturated heterocycles. The van der Waals surface area contributed by atoms with E-state index < -0.39 is 18.2 Å². The lowest BCUT2D eigenvalue weighted by molar-refractivity contribution is -0.151. The van der Waals surface area contributed by atoms with E-state index in [2.05, 4.69) is 86.8 Å². The fraction of sp³-hybridized carbons (Fsp3) is 0.786. The van der Waals surface area contributed by atoms with Gasteiger partial charge < -0.3 is 20.3 Å². The van der Waals surface area contributed by atoms with Gasteiger partial charge in [0.25, 0.3) is 0 Å². The smallest absolute Gasteiger partial charge is 0.306 e. The van der Waals surface area contributed by atoms with Gasteiger partial charge in [0.2, 0.25) is 5.91 Å². The number of rotatable bonds is 47. The molecule has 0 aliphatic rings. The molecular weight excluding hydrogens is 767 g/mol. The highest BCUT2D eigenvalue weighted by Crippen LogP contribution is 2.18. The van der Waals surface area contributed by atoms with Gasteiger partial charge in [0.15, 0.2) is 0 Å². The predicted octanol–water partition coefficient (Wildman–Crippen LogP) is 16.0. The van der Waals surface area contributed by atoms with Gasteiger partial charge in [-0.25, -0.2) is 0 Å². The van der Waals surface area contributed by atoms with Crippen LogP contribution in [0.1, 0.15) is 258 Å². The summed E-state index contributed by atoms with van der Waals surface area (Å²) in [4.78, 5) is 26.2. The Bertz CT molecular complexity index is 1110. The van der Waals surface area contributed by atoms with Crippen LogP contribution in [0, 0.1) is 0 Å². The average molecular weight is 868 g/mol. The van der Waals surface area contributed by atoms with Gasteiger partial charge in [-0.1, -0.05) is 216 Å². The number of ether oxygens (including phenoxy) is 1. The predicted molar refractivity (Wildman–Crippen MR) is 268 cm³/mol. The molecule has 0 aliphatic carbocycles. The van der Waals surface area contributed by atoms with Gasteiger partial charge >= 0.3 is 5.97 Å². The van der Waals surface area contributed by atoms with Crippen molar-refractivity contribution in [1.82, 2.24) is 5.32 Å². The first kappa shape index (κ1) is 59.6. The summed E-state index contributed by atoms with van der Waals surface area (Å²) in [5.41, 5.74) is 0. The molecule has 0 bridgehead atoms. The summed E-state index contributed by atoms with van der Waals surface area (Å²) in [6, 6.07) is -0.709. The second kappa shape index (κ2) is 49.6. The molecule has 0 spiro atoms. The highest BCUT2D eigenvalue weighted by molar-refractivity contribution is 5.77. The number of carbonyl (C=O) groups is 2. The van der Waals surface area contributed by atoms with E-state index in [-0.39, 0.29) is 24.9 Å². The topological polar surface area (TPSA) is 95.9 Å². The van der Waals surface area contributed by atoms with Gasteiger partial charge in [-0.2, -0.15) is 0 Å². The summed E-state index contributed by atoms with van der Waals surface area (Å²) in [5, 5.41) is 23.8. The average Bonchev–Trinajstić information content (AvgIpc) is 3.26. The lowest BCUT2D eigenvalue weighted by Crippen LogP contribution is -2.46. The molecule has 0 aromatic heterocycles. The summed E-state index contributed by atoms with van der Waals surface area (Å²) in [7, 11) is 0. The summed E-state index contributed by atoms with van der Waals surface area (Å²) in [6.07, 6.45) is 61.4. The second-order valence-electron chi connectivity index (χ2n) is 17.9. The molecule has 360 valence electrons. The number of unbranched alkanes of at least 4 members (excludes halogenated alkanes) is 25. The van der Waals surface area contributed by atoms with E-state index in [4.69, 9.17) is 4.74 Å². The Morgan fingerprint density at radius 1 is 0.484 bits per heavy atom. The van der Waals surface area contributed by atoms with E-state index in [1.54, 1.807) is 0 Å². The zero-order valence-electron chi connectivity index (χ0n) is 41.0. The fourth-order valence-corrected chi connectivity index (χ4v) is 7.83. The van der Waals surface area contributed by atoms with Gasteiger partial charge in [0.1, 0.15) is 6.10 Å². The summed E-state index contributed by atoms with van der Waals surface area (Å²) >= 11 is 0. The quantitative estimate of drug-likeness (QED) is 0.0322. The fourth-order valence-electron chi connectivity index (χ4n) is 7.83. The first-order valence-corrected chi connectivity index (χ1v) is 26.5. The molecule has 0 radical (unpaired) electrons. The van der Waals surface area contributed by atoms with E-state index in [0.717, 1.165) is 96.3 Å². The number of amides is 1. The van der Waals surface area contributed by atoms with Crippen molar-refractivity contribution >= 4 is 11.9 Å². The molecular formula is C56H101NO5. The number of aliphatic hydroxyl groups is 2. The van der Waals surface area contributed by atoms with Crippen LogP contribution in [0.25, 0.3) is 0 Å². The maximum Gasteiger partial charge on any atom is 0.306 e. The molecule has 0 fully saturated rings. The molecule has 0 saturated carbocycles. The van der Waals surface area contributed by atoms with E-state index in [9.17, 15) is 19.8 Å².